The average Bonchev–Trinajstić information content (AvgIpc) is 2.88. The maximum absolute atomic E-state index is 12.2. The maximum atomic E-state index is 12.2. The van der Waals surface area contributed by atoms with E-state index in [-0.39, 0.29) is 24.2 Å². The molecule has 0 aromatic heterocycles. The number of carbonyl (C=O) groups excluding carboxylic acids is 2. The van der Waals surface area contributed by atoms with Gasteiger partial charge in [0.2, 0.25) is 11.8 Å². The third-order valence-corrected chi connectivity index (χ3v) is 4.04. The molecule has 7 heteroatoms. The summed E-state index contributed by atoms with van der Waals surface area (Å²) in [5, 5.41) is 13.4. The first-order valence-electron chi connectivity index (χ1n) is 6.87. The first-order valence-corrected chi connectivity index (χ1v) is 7.69. The SMILES string of the molecule is COCCN1CC(C(=O)Nc2ccc(SC#N)cc2)CC1=O. The van der Waals surface area contributed by atoms with Gasteiger partial charge in [-0.15, -0.1) is 0 Å². The Morgan fingerprint density at radius 2 is 2.23 bits per heavy atom. The molecule has 6 nitrogen and oxygen atoms in total. The standard InChI is InChI=1S/C15H17N3O3S/c1-21-7-6-18-9-11(8-14(18)19)15(20)17-12-2-4-13(5-3-12)22-10-16/h2-5,11H,6-9H2,1H3,(H,17,20). The van der Waals surface area contributed by atoms with E-state index < -0.39 is 0 Å². The molecule has 1 unspecified atom stereocenters. The first kappa shape index (κ1) is 16.3. The van der Waals surface area contributed by atoms with Crippen LogP contribution in [-0.4, -0.2) is 43.5 Å². The van der Waals surface area contributed by atoms with Gasteiger partial charge in [0.25, 0.3) is 0 Å². The van der Waals surface area contributed by atoms with Gasteiger partial charge >= 0.3 is 0 Å². The zero-order valence-corrected chi connectivity index (χ0v) is 13.1. The number of likely N-dealkylation sites (tertiary alicyclic amines) is 1. The van der Waals surface area contributed by atoms with E-state index in [0.29, 0.717) is 25.4 Å². The molecule has 1 atom stereocenters. The van der Waals surface area contributed by atoms with Crippen molar-refractivity contribution in [1.29, 1.82) is 5.26 Å². The van der Waals surface area contributed by atoms with Gasteiger partial charge < -0.3 is 15.0 Å². The van der Waals surface area contributed by atoms with Crippen molar-refractivity contribution < 1.29 is 14.3 Å². The lowest BCUT2D eigenvalue weighted by Crippen LogP contribution is -2.30. The van der Waals surface area contributed by atoms with Crippen molar-refractivity contribution in [3.05, 3.63) is 24.3 Å². The summed E-state index contributed by atoms with van der Waals surface area (Å²) in [6.45, 7) is 1.41. The molecule has 0 radical (unpaired) electrons. The Labute approximate surface area is 133 Å². The number of methoxy groups -OCH3 is 1. The van der Waals surface area contributed by atoms with Crippen LogP contribution in [0.15, 0.2) is 29.2 Å². The van der Waals surface area contributed by atoms with E-state index in [1.54, 1.807) is 36.3 Å². The molecule has 1 aromatic carbocycles. The number of carbonyl (C=O) groups is 2. The molecule has 2 amide bonds. The second kappa shape index (κ2) is 7.82. The molecule has 0 bridgehead atoms. The molecular weight excluding hydrogens is 302 g/mol. The van der Waals surface area contributed by atoms with Gasteiger partial charge in [0, 0.05) is 37.2 Å². The number of anilines is 1. The summed E-state index contributed by atoms with van der Waals surface area (Å²) < 4.78 is 4.96. The number of hydrogen-bond donors (Lipinski definition) is 1. The van der Waals surface area contributed by atoms with Gasteiger partial charge in [-0.25, -0.2) is 0 Å². The quantitative estimate of drug-likeness (QED) is 0.637. The molecule has 0 saturated carbocycles. The van der Waals surface area contributed by atoms with E-state index in [1.807, 2.05) is 5.40 Å². The van der Waals surface area contributed by atoms with Crippen LogP contribution < -0.4 is 5.32 Å². The highest BCUT2D eigenvalue weighted by Gasteiger charge is 2.33. The molecule has 1 saturated heterocycles. The number of nitriles is 1. The number of rotatable bonds is 6. The summed E-state index contributed by atoms with van der Waals surface area (Å²) in [6, 6.07) is 7.04. The number of nitrogens with zero attached hydrogens (tertiary/aromatic N) is 2. The van der Waals surface area contributed by atoms with Crippen LogP contribution in [0.2, 0.25) is 0 Å². The minimum absolute atomic E-state index is 0.0158. The minimum atomic E-state index is -0.336. The summed E-state index contributed by atoms with van der Waals surface area (Å²) in [5.41, 5.74) is 0.662. The Morgan fingerprint density at radius 3 is 2.86 bits per heavy atom. The van der Waals surface area contributed by atoms with E-state index in [2.05, 4.69) is 5.32 Å². The van der Waals surface area contributed by atoms with Crippen molar-refractivity contribution in [2.24, 2.45) is 5.92 Å². The van der Waals surface area contributed by atoms with Crippen LogP contribution in [0.1, 0.15) is 6.42 Å². The van der Waals surface area contributed by atoms with E-state index in [4.69, 9.17) is 10.00 Å². The summed E-state index contributed by atoms with van der Waals surface area (Å²) in [5.74, 6) is -0.510. The monoisotopic (exact) mass is 319 g/mol. The van der Waals surface area contributed by atoms with Crippen LogP contribution in [0.25, 0.3) is 0 Å². The topological polar surface area (TPSA) is 82.4 Å². The van der Waals surface area contributed by atoms with E-state index in [9.17, 15) is 9.59 Å². The predicted molar refractivity (Wildman–Crippen MR) is 83.1 cm³/mol. The molecule has 1 fully saturated rings. The lowest BCUT2D eigenvalue weighted by atomic mass is 10.1. The molecular formula is C15H17N3O3S. The second-order valence-electron chi connectivity index (χ2n) is 4.94. The molecule has 1 aliphatic heterocycles. The van der Waals surface area contributed by atoms with E-state index in [1.165, 1.54) is 0 Å². The van der Waals surface area contributed by atoms with Crippen molar-refractivity contribution in [1.82, 2.24) is 4.90 Å². The van der Waals surface area contributed by atoms with Crippen LogP contribution in [0.3, 0.4) is 0 Å². The lowest BCUT2D eigenvalue weighted by molar-refractivity contribution is -0.128. The average molecular weight is 319 g/mol. The number of thiocyanates is 1. The van der Waals surface area contributed by atoms with Gasteiger partial charge in [0.05, 0.1) is 12.5 Å². The number of thioether (sulfide) groups is 1. The highest BCUT2D eigenvalue weighted by molar-refractivity contribution is 8.03. The van der Waals surface area contributed by atoms with Gasteiger partial charge in [0.1, 0.15) is 5.40 Å². The summed E-state index contributed by atoms with van der Waals surface area (Å²) >= 11 is 1.07. The van der Waals surface area contributed by atoms with Gasteiger partial charge in [-0.3, -0.25) is 9.59 Å². The second-order valence-corrected chi connectivity index (χ2v) is 5.80. The van der Waals surface area contributed by atoms with Crippen LogP contribution in [0.4, 0.5) is 5.69 Å². The Kier molecular flexibility index (Phi) is 5.81. The number of amides is 2. The molecule has 1 N–H and O–H groups in total. The Hall–Kier alpha value is -2.04. The minimum Gasteiger partial charge on any atom is -0.383 e. The Balaban J connectivity index is 1.90. The normalized spacial score (nSPS) is 17.4. The van der Waals surface area contributed by atoms with Crippen LogP contribution >= 0.6 is 11.8 Å². The summed E-state index contributed by atoms with van der Waals surface area (Å²) in [7, 11) is 1.58. The number of hydrogen-bond acceptors (Lipinski definition) is 5. The molecule has 116 valence electrons. The van der Waals surface area contributed by atoms with Crippen molar-refractivity contribution in [2.45, 2.75) is 11.3 Å². The lowest BCUT2D eigenvalue weighted by Gasteiger charge is -2.15. The smallest absolute Gasteiger partial charge is 0.229 e. The van der Waals surface area contributed by atoms with Crippen LogP contribution in [-0.2, 0) is 14.3 Å². The zero-order valence-electron chi connectivity index (χ0n) is 12.2. The van der Waals surface area contributed by atoms with Crippen molar-refractivity contribution >= 4 is 29.3 Å². The third-order valence-electron chi connectivity index (χ3n) is 3.44. The predicted octanol–water partition coefficient (Wildman–Crippen LogP) is 1.69. The van der Waals surface area contributed by atoms with Gasteiger partial charge in [0.15, 0.2) is 0 Å². The molecule has 1 aromatic rings. The van der Waals surface area contributed by atoms with Crippen molar-refractivity contribution in [3.8, 4) is 5.40 Å². The van der Waals surface area contributed by atoms with Crippen molar-refractivity contribution in [3.63, 3.8) is 0 Å². The van der Waals surface area contributed by atoms with Crippen molar-refractivity contribution in [2.75, 3.05) is 32.1 Å². The molecule has 0 spiro atoms. The molecule has 0 aliphatic carbocycles. The Bertz CT molecular complexity index is 583. The fraction of sp³-hybridized carbons (Fsp3) is 0.400. The summed E-state index contributed by atoms with van der Waals surface area (Å²) in [4.78, 5) is 26.5. The fourth-order valence-corrected chi connectivity index (χ4v) is 2.65. The summed E-state index contributed by atoms with van der Waals surface area (Å²) in [6.07, 6.45) is 0.234. The van der Waals surface area contributed by atoms with E-state index >= 15 is 0 Å². The third kappa shape index (κ3) is 4.23. The largest absolute Gasteiger partial charge is 0.383 e. The Morgan fingerprint density at radius 1 is 1.50 bits per heavy atom. The van der Waals surface area contributed by atoms with Crippen LogP contribution in [0, 0.1) is 16.6 Å². The molecule has 2 rings (SSSR count). The first-order chi connectivity index (χ1) is 10.6. The number of benzene rings is 1. The number of ether oxygens (including phenoxy) is 1. The highest BCUT2D eigenvalue weighted by Crippen LogP contribution is 2.22. The zero-order chi connectivity index (χ0) is 15.9. The molecule has 1 heterocycles. The van der Waals surface area contributed by atoms with Gasteiger partial charge in [-0.05, 0) is 36.0 Å². The fourth-order valence-electron chi connectivity index (χ4n) is 2.27. The maximum Gasteiger partial charge on any atom is 0.229 e. The van der Waals surface area contributed by atoms with Crippen LogP contribution in [0.5, 0.6) is 0 Å². The number of nitrogens with one attached hydrogen (secondary N) is 1. The molecule has 22 heavy (non-hydrogen) atoms. The van der Waals surface area contributed by atoms with Gasteiger partial charge in [-0.2, -0.15) is 5.26 Å². The molecule has 1 aliphatic rings. The van der Waals surface area contributed by atoms with Gasteiger partial charge in [-0.1, -0.05) is 0 Å². The highest BCUT2D eigenvalue weighted by atomic mass is 32.2. The van der Waals surface area contributed by atoms with E-state index in [0.717, 1.165) is 16.7 Å².